The van der Waals surface area contributed by atoms with E-state index in [0.717, 1.165) is 56.2 Å². The van der Waals surface area contributed by atoms with Crippen LogP contribution < -0.4 is 10.6 Å². The van der Waals surface area contributed by atoms with Gasteiger partial charge in [-0.2, -0.15) is 0 Å². The molecule has 0 bridgehead atoms. The Kier molecular flexibility index (Phi) is 10.2. The van der Waals surface area contributed by atoms with Gasteiger partial charge < -0.3 is 30.2 Å². The van der Waals surface area contributed by atoms with E-state index in [2.05, 4.69) is 15.8 Å². The van der Waals surface area contributed by atoms with Crippen molar-refractivity contribution >= 4 is 29.6 Å². The Morgan fingerprint density at radius 2 is 1.82 bits per heavy atom. The molecule has 11 nitrogen and oxygen atoms in total. The van der Waals surface area contributed by atoms with Crippen molar-refractivity contribution in [1.82, 2.24) is 15.5 Å². The van der Waals surface area contributed by atoms with E-state index in [1.54, 1.807) is 0 Å². The average Bonchev–Trinajstić information content (AvgIpc) is 3.31. The molecule has 1 saturated heterocycles. The van der Waals surface area contributed by atoms with Crippen LogP contribution in [0.15, 0.2) is 47.6 Å². The second-order valence-corrected chi connectivity index (χ2v) is 12.4. The number of rotatable bonds is 7. The number of allylic oxidation sites excluding steroid dienone is 1. The second kappa shape index (κ2) is 14.3. The van der Waals surface area contributed by atoms with Gasteiger partial charge in [-0.1, -0.05) is 67.4 Å². The van der Waals surface area contributed by atoms with Crippen molar-refractivity contribution in [2.45, 2.75) is 114 Å². The second-order valence-electron chi connectivity index (χ2n) is 12.4. The molecule has 3 fully saturated rings. The van der Waals surface area contributed by atoms with Gasteiger partial charge in [-0.3, -0.25) is 9.59 Å². The first-order valence-corrected chi connectivity index (χ1v) is 16.1. The first-order chi connectivity index (χ1) is 21.3. The van der Waals surface area contributed by atoms with Gasteiger partial charge in [-0.15, -0.1) is 0 Å². The number of carbonyl (C=O) groups excluding carboxylic acids is 3. The molecule has 1 aromatic rings. The number of fused-ring (bicyclic) bond motifs is 2. The summed E-state index contributed by atoms with van der Waals surface area (Å²) in [5.74, 6) is -2.36. The maximum absolute atomic E-state index is 14.1. The molecule has 0 aromatic heterocycles. The summed E-state index contributed by atoms with van der Waals surface area (Å²) in [5, 5.41) is 20.0. The highest BCUT2D eigenvalue weighted by atomic mass is 16.6. The summed E-state index contributed by atoms with van der Waals surface area (Å²) < 4.78 is 5.60. The number of hydrogen-bond acceptors (Lipinski definition) is 7. The van der Waals surface area contributed by atoms with Crippen molar-refractivity contribution in [1.29, 1.82) is 0 Å². The third-order valence-electron chi connectivity index (χ3n) is 9.24. The van der Waals surface area contributed by atoms with Crippen LogP contribution in [-0.2, 0) is 24.0 Å². The molecular formula is C33H44N4O7. The Balaban J connectivity index is 1.38. The summed E-state index contributed by atoms with van der Waals surface area (Å²) in [5.41, 5.74) is 0.251. The summed E-state index contributed by atoms with van der Waals surface area (Å²) in [7, 11) is 0. The molecule has 2 aliphatic carbocycles. The van der Waals surface area contributed by atoms with Gasteiger partial charge in [0, 0.05) is 12.3 Å². The van der Waals surface area contributed by atoms with E-state index in [4.69, 9.17) is 9.57 Å². The number of hydrogen-bond donors (Lipinski definition) is 3. The minimum Gasteiger partial charge on any atom is -0.479 e. The van der Waals surface area contributed by atoms with E-state index in [-0.39, 0.29) is 25.0 Å². The molecular weight excluding hydrogens is 564 g/mol. The number of carbonyl (C=O) groups is 4. The van der Waals surface area contributed by atoms with Crippen molar-refractivity contribution < 1.29 is 33.9 Å². The Morgan fingerprint density at radius 1 is 1.07 bits per heavy atom. The van der Waals surface area contributed by atoms with Crippen LogP contribution in [0.5, 0.6) is 0 Å². The summed E-state index contributed by atoms with van der Waals surface area (Å²) in [6.45, 7) is 2.04. The molecule has 4 aliphatic rings. The minimum atomic E-state index is -1.40. The predicted octanol–water partition coefficient (Wildman–Crippen LogP) is 4.30. The van der Waals surface area contributed by atoms with Crippen LogP contribution in [0.1, 0.15) is 89.5 Å². The fourth-order valence-corrected chi connectivity index (χ4v) is 6.56. The highest BCUT2D eigenvalue weighted by molar-refractivity contribution is 6.00. The van der Waals surface area contributed by atoms with E-state index < -0.39 is 47.6 Å². The number of oxime groups is 1. The van der Waals surface area contributed by atoms with Gasteiger partial charge in [0.15, 0.2) is 0 Å². The zero-order chi connectivity index (χ0) is 31.1. The summed E-state index contributed by atoms with van der Waals surface area (Å²) >= 11 is 0. The Hall–Kier alpha value is -3.89. The molecule has 0 spiro atoms. The van der Waals surface area contributed by atoms with E-state index in [1.165, 1.54) is 4.90 Å². The smallest absolute Gasteiger partial charge is 0.408 e. The van der Waals surface area contributed by atoms with Crippen LogP contribution in [-0.4, -0.2) is 76.0 Å². The normalized spacial score (nSPS) is 30.7. The summed E-state index contributed by atoms with van der Waals surface area (Å²) in [6.07, 6.45) is 10.7. The zero-order valence-electron chi connectivity index (χ0n) is 25.4. The van der Waals surface area contributed by atoms with Gasteiger partial charge in [0.25, 0.3) is 0 Å². The molecule has 3 N–H and O–H groups in total. The molecule has 2 heterocycles. The molecule has 11 heteroatoms. The fourth-order valence-electron chi connectivity index (χ4n) is 6.56. The van der Waals surface area contributed by atoms with Crippen LogP contribution in [0.4, 0.5) is 4.79 Å². The van der Waals surface area contributed by atoms with Gasteiger partial charge in [0.05, 0.1) is 12.3 Å². The first kappa shape index (κ1) is 31.5. The number of aliphatic carboxylic acids is 1. The first-order valence-electron chi connectivity index (χ1n) is 16.1. The lowest BCUT2D eigenvalue weighted by molar-refractivity contribution is -0.145. The summed E-state index contributed by atoms with van der Waals surface area (Å²) in [6, 6.07) is 7.76. The van der Waals surface area contributed by atoms with Crippen molar-refractivity contribution in [3.05, 3.63) is 48.0 Å². The average molecular weight is 609 g/mol. The molecule has 5 rings (SSSR count). The Labute approximate surface area is 258 Å². The van der Waals surface area contributed by atoms with E-state index in [1.807, 2.05) is 49.4 Å². The number of benzene rings is 1. The fraction of sp³-hybridized carbons (Fsp3) is 0.606. The molecule has 1 unspecified atom stereocenters. The molecule has 1 aromatic carbocycles. The predicted molar refractivity (Wildman–Crippen MR) is 163 cm³/mol. The number of nitrogens with one attached hydrogen (secondary N) is 2. The highest BCUT2D eigenvalue weighted by Crippen LogP contribution is 2.45. The van der Waals surface area contributed by atoms with Crippen LogP contribution in [0.25, 0.3) is 0 Å². The monoisotopic (exact) mass is 608 g/mol. The van der Waals surface area contributed by atoms with Gasteiger partial charge >= 0.3 is 12.1 Å². The molecule has 3 amide bonds. The molecule has 238 valence electrons. The minimum absolute atomic E-state index is 0.0749. The third kappa shape index (κ3) is 7.42. The molecule has 2 aliphatic heterocycles. The van der Waals surface area contributed by atoms with E-state index >= 15 is 0 Å². The largest absolute Gasteiger partial charge is 0.479 e. The van der Waals surface area contributed by atoms with Crippen LogP contribution in [0.2, 0.25) is 0 Å². The molecule has 44 heavy (non-hydrogen) atoms. The summed E-state index contributed by atoms with van der Waals surface area (Å²) in [4.78, 5) is 60.4. The lowest BCUT2D eigenvalue weighted by Crippen LogP contribution is -2.56. The van der Waals surface area contributed by atoms with Crippen molar-refractivity contribution in [3.63, 3.8) is 0 Å². The van der Waals surface area contributed by atoms with E-state index in [0.29, 0.717) is 25.7 Å². The number of amides is 3. The quantitative estimate of drug-likeness (QED) is 0.238. The topological polar surface area (TPSA) is 147 Å². The third-order valence-corrected chi connectivity index (χ3v) is 9.24. The SMILES string of the molecule is CC/C(=N\O[C@@H]1C[C@H]2C(=O)NC3(C(=O)O)C[C@H]3/C=C\CCCCC[C@H](NC(=O)OC3CCCC3)C(=O)N2C1)c1ccccc1. The van der Waals surface area contributed by atoms with Crippen LogP contribution in [0, 0.1) is 5.92 Å². The van der Waals surface area contributed by atoms with Crippen LogP contribution >= 0.6 is 0 Å². The van der Waals surface area contributed by atoms with Crippen molar-refractivity contribution in [2.24, 2.45) is 11.1 Å². The molecule has 5 atom stereocenters. The number of nitrogens with zero attached hydrogens (tertiary/aromatic N) is 2. The standard InChI is InChI=1S/C33H44N4O7/c1-2-26(22-13-7-6-8-14-22)36-44-25-19-28-29(38)35-33(31(40)41)20-23(33)15-9-4-3-5-10-18-27(30(39)37(28)21-25)34-32(42)43-24-16-11-12-17-24/h6-9,13-15,23-25,27-28H,2-5,10-12,16-21H2,1H3,(H,34,42)(H,35,38)(H,40,41)/b15-9-,36-26+/t23-,25-,27+,28+,33?/m1/s1. The van der Waals surface area contributed by atoms with E-state index in [9.17, 15) is 24.3 Å². The van der Waals surface area contributed by atoms with Gasteiger partial charge in [-0.05, 0) is 63.4 Å². The highest BCUT2D eigenvalue weighted by Gasteiger charge is 2.61. The van der Waals surface area contributed by atoms with Gasteiger partial charge in [-0.25, -0.2) is 9.59 Å². The number of carboxylic acids is 1. The lowest BCUT2D eigenvalue weighted by atomic mass is 10.0. The number of ether oxygens (including phenoxy) is 1. The van der Waals surface area contributed by atoms with Crippen molar-refractivity contribution in [2.75, 3.05) is 6.54 Å². The Morgan fingerprint density at radius 3 is 2.55 bits per heavy atom. The molecule has 0 radical (unpaired) electrons. The lowest BCUT2D eigenvalue weighted by Gasteiger charge is -2.29. The zero-order valence-corrected chi connectivity index (χ0v) is 25.4. The number of alkyl carbamates (subject to hydrolysis) is 1. The maximum atomic E-state index is 14.1. The van der Waals surface area contributed by atoms with Gasteiger partial charge in [0.1, 0.15) is 29.8 Å². The maximum Gasteiger partial charge on any atom is 0.408 e. The number of carboxylic acid groups (broad SMARTS) is 1. The molecule has 2 saturated carbocycles. The van der Waals surface area contributed by atoms with Crippen LogP contribution in [0.3, 0.4) is 0 Å². The van der Waals surface area contributed by atoms with Crippen molar-refractivity contribution in [3.8, 4) is 0 Å². The van der Waals surface area contributed by atoms with Gasteiger partial charge in [0.2, 0.25) is 11.8 Å². The Bertz CT molecular complexity index is 1260.